The number of hydrazine groups is 1. The number of nitrogen functional groups attached to an aromatic ring is 1. The standard InChI is InChI=1S/C12H22N6O/c1-3-19-9-11-14-10(16-13)8-12(15-11)18-6-4-17(2)5-7-18/h8H,3-7,9,13H2,1-2H3,(H,14,15,16). The summed E-state index contributed by atoms with van der Waals surface area (Å²) in [7, 11) is 2.13. The molecule has 1 aromatic rings. The second kappa shape index (κ2) is 6.65. The summed E-state index contributed by atoms with van der Waals surface area (Å²) in [5.74, 6) is 7.65. The number of nitrogens with zero attached hydrogens (tertiary/aromatic N) is 4. The molecule has 7 heteroatoms. The molecule has 7 nitrogen and oxygen atoms in total. The van der Waals surface area contributed by atoms with Crippen molar-refractivity contribution in [2.75, 3.05) is 50.2 Å². The van der Waals surface area contributed by atoms with Crippen molar-refractivity contribution >= 4 is 11.6 Å². The van der Waals surface area contributed by atoms with E-state index in [9.17, 15) is 0 Å². The Morgan fingerprint density at radius 2 is 2.05 bits per heavy atom. The second-order valence-electron chi connectivity index (χ2n) is 4.60. The zero-order valence-electron chi connectivity index (χ0n) is 11.6. The van der Waals surface area contributed by atoms with E-state index in [-0.39, 0.29) is 0 Å². The zero-order valence-corrected chi connectivity index (χ0v) is 11.6. The van der Waals surface area contributed by atoms with Crippen molar-refractivity contribution in [2.45, 2.75) is 13.5 Å². The van der Waals surface area contributed by atoms with Crippen LogP contribution in [0.3, 0.4) is 0 Å². The highest BCUT2D eigenvalue weighted by Crippen LogP contribution is 2.17. The minimum absolute atomic E-state index is 0.409. The van der Waals surface area contributed by atoms with Crippen LogP contribution in [-0.2, 0) is 11.3 Å². The lowest BCUT2D eigenvalue weighted by Crippen LogP contribution is -2.45. The monoisotopic (exact) mass is 266 g/mol. The highest BCUT2D eigenvalue weighted by atomic mass is 16.5. The summed E-state index contributed by atoms with van der Waals surface area (Å²) in [4.78, 5) is 13.4. The van der Waals surface area contributed by atoms with E-state index in [0.29, 0.717) is 24.9 Å². The maximum Gasteiger partial charge on any atom is 0.158 e. The second-order valence-corrected chi connectivity index (χ2v) is 4.60. The van der Waals surface area contributed by atoms with Crippen molar-refractivity contribution in [3.63, 3.8) is 0 Å². The SMILES string of the molecule is CCOCc1nc(NN)cc(N2CCN(C)CC2)n1. The molecule has 1 aliphatic rings. The van der Waals surface area contributed by atoms with E-state index in [2.05, 4.69) is 32.2 Å². The normalized spacial score (nSPS) is 16.7. The van der Waals surface area contributed by atoms with E-state index >= 15 is 0 Å². The van der Waals surface area contributed by atoms with E-state index in [4.69, 9.17) is 10.6 Å². The molecule has 2 rings (SSSR count). The van der Waals surface area contributed by atoms with Crippen LogP contribution in [0, 0.1) is 0 Å². The van der Waals surface area contributed by atoms with Gasteiger partial charge < -0.3 is 20.0 Å². The van der Waals surface area contributed by atoms with Gasteiger partial charge in [-0.1, -0.05) is 0 Å². The third kappa shape index (κ3) is 3.76. The molecule has 106 valence electrons. The molecule has 1 saturated heterocycles. The molecule has 0 aliphatic carbocycles. The molecule has 0 amide bonds. The van der Waals surface area contributed by atoms with Gasteiger partial charge in [-0.05, 0) is 14.0 Å². The van der Waals surface area contributed by atoms with Crippen LogP contribution in [0.2, 0.25) is 0 Å². The first-order chi connectivity index (χ1) is 9.22. The van der Waals surface area contributed by atoms with Gasteiger partial charge in [0.2, 0.25) is 0 Å². The van der Waals surface area contributed by atoms with E-state index in [1.165, 1.54) is 0 Å². The predicted molar refractivity (Wildman–Crippen MR) is 74.9 cm³/mol. The molecule has 0 saturated carbocycles. The smallest absolute Gasteiger partial charge is 0.158 e. The number of aromatic nitrogens is 2. The van der Waals surface area contributed by atoms with Crippen molar-refractivity contribution in [1.82, 2.24) is 14.9 Å². The minimum Gasteiger partial charge on any atom is -0.374 e. The van der Waals surface area contributed by atoms with Crippen molar-refractivity contribution < 1.29 is 4.74 Å². The summed E-state index contributed by atoms with van der Waals surface area (Å²) in [6, 6.07) is 1.88. The predicted octanol–water partition coefficient (Wildman–Crippen LogP) is 0.0505. The molecule has 0 atom stereocenters. The molecule has 0 spiro atoms. The fraction of sp³-hybridized carbons (Fsp3) is 0.667. The molecule has 1 fully saturated rings. The van der Waals surface area contributed by atoms with E-state index in [1.807, 2.05) is 13.0 Å². The Balaban J connectivity index is 2.14. The summed E-state index contributed by atoms with van der Waals surface area (Å²) >= 11 is 0. The van der Waals surface area contributed by atoms with Gasteiger partial charge in [0, 0.05) is 38.9 Å². The number of hydrogen-bond donors (Lipinski definition) is 2. The molecule has 19 heavy (non-hydrogen) atoms. The van der Waals surface area contributed by atoms with Crippen LogP contribution in [0.1, 0.15) is 12.7 Å². The Morgan fingerprint density at radius 1 is 1.32 bits per heavy atom. The molecular formula is C12H22N6O. The fourth-order valence-corrected chi connectivity index (χ4v) is 2.01. The van der Waals surface area contributed by atoms with Crippen molar-refractivity contribution in [2.24, 2.45) is 5.84 Å². The van der Waals surface area contributed by atoms with Crippen LogP contribution in [0.5, 0.6) is 0 Å². The number of likely N-dealkylation sites (N-methyl/N-ethyl adjacent to an activating group) is 1. The first-order valence-electron chi connectivity index (χ1n) is 6.58. The molecular weight excluding hydrogens is 244 g/mol. The number of anilines is 2. The number of piperazine rings is 1. The molecule has 3 N–H and O–H groups in total. The van der Waals surface area contributed by atoms with Gasteiger partial charge in [-0.15, -0.1) is 0 Å². The molecule has 0 aromatic carbocycles. The summed E-state index contributed by atoms with van der Waals surface area (Å²) in [6.45, 7) is 7.01. The van der Waals surface area contributed by atoms with Crippen molar-refractivity contribution in [3.05, 3.63) is 11.9 Å². The molecule has 1 aliphatic heterocycles. The Bertz CT molecular complexity index is 405. The lowest BCUT2D eigenvalue weighted by molar-refractivity contribution is 0.128. The summed E-state index contributed by atoms with van der Waals surface area (Å²) in [5, 5.41) is 0. The molecule has 2 heterocycles. The fourth-order valence-electron chi connectivity index (χ4n) is 2.01. The van der Waals surface area contributed by atoms with Crippen LogP contribution in [0.25, 0.3) is 0 Å². The van der Waals surface area contributed by atoms with Gasteiger partial charge in [0.1, 0.15) is 18.2 Å². The van der Waals surface area contributed by atoms with Gasteiger partial charge in [0.05, 0.1) is 0 Å². The maximum atomic E-state index is 5.46. The Hall–Kier alpha value is -1.44. The maximum absolute atomic E-state index is 5.46. The van der Waals surface area contributed by atoms with Crippen molar-refractivity contribution in [3.8, 4) is 0 Å². The van der Waals surface area contributed by atoms with Gasteiger partial charge in [0.15, 0.2) is 5.82 Å². The summed E-state index contributed by atoms with van der Waals surface area (Å²) < 4.78 is 5.36. The molecule has 0 bridgehead atoms. The van der Waals surface area contributed by atoms with E-state index < -0.39 is 0 Å². The molecule has 0 radical (unpaired) electrons. The highest BCUT2D eigenvalue weighted by Gasteiger charge is 2.17. The van der Waals surface area contributed by atoms with Crippen LogP contribution in [-0.4, -0.2) is 54.7 Å². The van der Waals surface area contributed by atoms with Crippen LogP contribution in [0.4, 0.5) is 11.6 Å². The number of nitrogens with two attached hydrogens (primary N) is 1. The number of ether oxygens (including phenoxy) is 1. The van der Waals surface area contributed by atoms with Crippen LogP contribution in [0.15, 0.2) is 6.07 Å². The van der Waals surface area contributed by atoms with E-state index in [1.54, 1.807) is 0 Å². The van der Waals surface area contributed by atoms with Gasteiger partial charge in [-0.3, -0.25) is 0 Å². The summed E-state index contributed by atoms with van der Waals surface area (Å²) in [6.07, 6.45) is 0. The molecule has 1 aromatic heterocycles. The average Bonchev–Trinajstić information content (AvgIpc) is 2.45. The van der Waals surface area contributed by atoms with Crippen LogP contribution >= 0.6 is 0 Å². The zero-order chi connectivity index (χ0) is 13.7. The topological polar surface area (TPSA) is 79.5 Å². The Kier molecular flexibility index (Phi) is 4.89. The Morgan fingerprint density at radius 3 is 2.68 bits per heavy atom. The number of hydrogen-bond acceptors (Lipinski definition) is 7. The van der Waals surface area contributed by atoms with Gasteiger partial charge in [0.25, 0.3) is 0 Å². The van der Waals surface area contributed by atoms with E-state index in [0.717, 1.165) is 32.0 Å². The number of rotatable bonds is 5. The largest absolute Gasteiger partial charge is 0.374 e. The number of nitrogens with one attached hydrogen (secondary N) is 1. The third-order valence-electron chi connectivity index (χ3n) is 3.17. The lowest BCUT2D eigenvalue weighted by atomic mass is 10.3. The third-order valence-corrected chi connectivity index (χ3v) is 3.17. The summed E-state index contributed by atoms with van der Waals surface area (Å²) in [5.41, 5.74) is 2.59. The molecule has 0 unspecified atom stereocenters. The van der Waals surface area contributed by atoms with Gasteiger partial charge in [-0.2, -0.15) is 0 Å². The first-order valence-corrected chi connectivity index (χ1v) is 6.58. The van der Waals surface area contributed by atoms with Crippen molar-refractivity contribution in [1.29, 1.82) is 0 Å². The quantitative estimate of drug-likeness (QED) is 0.576. The lowest BCUT2D eigenvalue weighted by Gasteiger charge is -2.33. The first kappa shape index (κ1) is 14.0. The Labute approximate surface area is 113 Å². The minimum atomic E-state index is 0.409. The average molecular weight is 266 g/mol. The highest BCUT2D eigenvalue weighted by molar-refractivity contribution is 5.49. The van der Waals surface area contributed by atoms with Gasteiger partial charge >= 0.3 is 0 Å². The van der Waals surface area contributed by atoms with Crippen LogP contribution < -0.4 is 16.2 Å². The van der Waals surface area contributed by atoms with Gasteiger partial charge in [-0.25, -0.2) is 15.8 Å².